The lowest BCUT2D eigenvalue weighted by atomic mass is 9.82. The van der Waals surface area contributed by atoms with Crippen LogP contribution in [0.5, 0.6) is 0 Å². The number of amides is 1. The molecule has 1 amide bonds. The van der Waals surface area contributed by atoms with Crippen molar-refractivity contribution in [1.29, 1.82) is 0 Å². The van der Waals surface area contributed by atoms with Crippen molar-refractivity contribution in [2.24, 2.45) is 4.99 Å². The van der Waals surface area contributed by atoms with Crippen molar-refractivity contribution in [1.82, 2.24) is 14.8 Å². The van der Waals surface area contributed by atoms with E-state index < -0.39 is 23.3 Å². The molecule has 6 rings (SSSR count). The molecule has 1 fully saturated rings. The van der Waals surface area contributed by atoms with Gasteiger partial charge in [0.1, 0.15) is 17.5 Å². The Morgan fingerprint density at radius 1 is 0.902 bits per heavy atom. The number of rotatable bonds is 7. The number of fused-ring (bicyclic) bond motifs is 1. The topological polar surface area (TPSA) is 69.0 Å². The molecule has 2 aliphatic heterocycles. The van der Waals surface area contributed by atoms with E-state index in [1.165, 1.54) is 64.4 Å². The molecule has 210 valence electrons. The maximum absolute atomic E-state index is 14.0. The Morgan fingerprint density at radius 2 is 1.51 bits per heavy atom. The van der Waals surface area contributed by atoms with Crippen molar-refractivity contribution in [3.63, 3.8) is 0 Å². The van der Waals surface area contributed by atoms with Crippen LogP contribution in [0, 0.1) is 11.6 Å². The van der Waals surface area contributed by atoms with Gasteiger partial charge in [-0.15, -0.1) is 0 Å². The standard InChI is InChI=1S/C33H32F2N4O2/c1-22-37-33(24-6-10-26(34)11-7-24,25-8-12-27(35)13-9-25)32(41)39(22)21-28(40)20-38-18-15-23(16-19-38)29-14-17-36-31-5-3-2-4-30(29)31/h2-14,17,23,28,40H,15-16,18-21H2,1H3. The van der Waals surface area contributed by atoms with E-state index in [0.717, 1.165) is 31.4 Å². The number of para-hydroxylation sites is 1. The third-order valence-corrected chi connectivity index (χ3v) is 8.37. The van der Waals surface area contributed by atoms with Gasteiger partial charge in [-0.1, -0.05) is 42.5 Å². The Morgan fingerprint density at radius 3 is 2.15 bits per heavy atom. The summed E-state index contributed by atoms with van der Waals surface area (Å²) < 4.78 is 27.5. The Labute approximate surface area is 238 Å². The van der Waals surface area contributed by atoms with Crippen LogP contribution in [0.3, 0.4) is 0 Å². The lowest BCUT2D eigenvalue weighted by molar-refractivity contribution is -0.131. The van der Waals surface area contributed by atoms with E-state index >= 15 is 0 Å². The van der Waals surface area contributed by atoms with E-state index in [-0.39, 0.29) is 12.5 Å². The first-order valence-corrected chi connectivity index (χ1v) is 14.0. The highest BCUT2D eigenvalue weighted by molar-refractivity contribution is 6.09. The quantitative estimate of drug-likeness (QED) is 0.339. The van der Waals surface area contributed by atoms with Gasteiger partial charge in [-0.3, -0.25) is 14.7 Å². The fraction of sp³-hybridized carbons (Fsp3) is 0.303. The van der Waals surface area contributed by atoms with Gasteiger partial charge in [-0.25, -0.2) is 13.8 Å². The Kier molecular flexibility index (Phi) is 7.36. The van der Waals surface area contributed by atoms with Crippen LogP contribution in [0.25, 0.3) is 10.9 Å². The van der Waals surface area contributed by atoms with Crippen LogP contribution in [0.2, 0.25) is 0 Å². The maximum Gasteiger partial charge on any atom is 0.265 e. The summed E-state index contributed by atoms with van der Waals surface area (Å²) in [5.74, 6) is -0.330. The van der Waals surface area contributed by atoms with Gasteiger partial charge in [0, 0.05) is 18.1 Å². The maximum atomic E-state index is 14.0. The smallest absolute Gasteiger partial charge is 0.265 e. The first kappa shape index (κ1) is 27.2. The van der Waals surface area contributed by atoms with Crippen LogP contribution in [0.4, 0.5) is 8.78 Å². The van der Waals surface area contributed by atoms with Crippen molar-refractivity contribution < 1.29 is 18.7 Å². The predicted molar refractivity (Wildman–Crippen MR) is 155 cm³/mol. The molecule has 41 heavy (non-hydrogen) atoms. The molecule has 6 nitrogen and oxygen atoms in total. The number of hydrogen-bond donors (Lipinski definition) is 1. The zero-order chi connectivity index (χ0) is 28.6. The van der Waals surface area contributed by atoms with Crippen molar-refractivity contribution in [2.75, 3.05) is 26.2 Å². The van der Waals surface area contributed by atoms with Crippen LogP contribution in [-0.2, 0) is 10.3 Å². The number of benzene rings is 3. The minimum absolute atomic E-state index is 0.0766. The van der Waals surface area contributed by atoms with Crippen molar-refractivity contribution in [3.8, 4) is 0 Å². The number of hydrogen-bond acceptors (Lipinski definition) is 5. The number of aliphatic imine (C=N–C) groups is 1. The van der Waals surface area contributed by atoms with Crippen molar-refractivity contribution >= 4 is 22.6 Å². The number of aliphatic hydroxyl groups is 1. The third-order valence-electron chi connectivity index (χ3n) is 8.37. The number of pyridine rings is 1. The van der Waals surface area contributed by atoms with Gasteiger partial charge in [0.25, 0.3) is 5.91 Å². The number of halogens is 2. The number of aliphatic hydroxyl groups excluding tert-OH is 1. The second-order valence-electron chi connectivity index (χ2n) is 10.9. The minimum Gasteiger partial charge on any atom is -0.390 e. The highest BCUT2D eigenvalue weighted by Gasteiger charge is 2.50. The Hall–Kier alpha value is -4.01. The molecule has 0 saturated carbocycles. The molecular formula is C33H32F2N4O2. The molecule has 8 heteroatoms. The molecule has 0 aliphatic carbocycles. The van der Waals surface area contributed by atoms with Gasteiger partial charge < -0.3 is 10.0 Å². The second kappa shape index (κ2) is 11.1. The molecule has 3 aromatic carbocycles. The van der Waals surface area contributed by atoms with Gasteiger partial charge in [-0.05, 0) is 91.9 Å². The third kappa shape index (κ3) is 5.13. The number of aromatic nitrogens is 1. The average molecular weight is 555 g/mol. The van der Waals surface area contributed by atoms with Crippen molar-refractivity contribution in [2.45, 2.75) is 37.3 Å². The van der Waals surface area contributed by atoms with Crippen LogP contribution < -0.4 is 0 Å². The van der Waals surface area contributed by atoms with Crippen LogP contribution in [0.1, 0.15) is 42.4 Å². The monoisotopic (exact) mass is 554 g/mol. The largest absolute Gasteiger partial charge is 0.390 e. The van der Waals surface area contributed by atoms with E-state index in [1.807, 2.05) is 24.4 Å². The molecular weight excluding hydrogens is 522 g/mol. The van der Waals surface area contributed by atoms with E-state index in [9.17, 15) is 18.7 Å². The molecule has 3 heterocycles. The van der Waals surface area contributed by atoms with Crippen LogP contribution in [-0.4, -0.2) is 63.9 Å². The lowest BCUT2D eigenvalue weighted by Crippen LogP contribution is -2.47. The van der Waals surface area contributed by atoms with E-state index in [4.69, 9.17) is 4.99 Å². The predicted octanol–water partition coefficient (Wildman–Crippen LogP) is 5.26. The minimum atomic E-state index is -1.48. The summed E-state index contributed by atoms with van der Waals surface area (Å²) in [5, 5.41) is 12.3. The summed E-state index contributed by atoms with van der Waals surface area (Å²) in [5.41, 5.74) is 1.82. The van der Waals surface area contributed by atoms with Crippen molar-refractivity contribution in [3.05, 3.63) is 113 Å². The van der Waals surface area contributed by atoms with Gasteiger partial charge in [0.05, 0.1) is 18.2 Å². The summed E-state index contributed by atoms with van der Waals surface area (Å²) in [6.07, 6.45) is 3.03. The number of carbonyl (C=O) groups is 1. The van der Waals surface area contributed by atoms with E-state index in [2.05, 4.69) is 22.0 Å². The second-order valence-corrected chi connectivity index (χ2v) is 10.9. The van der Waals surface area contributed by atoms with Gasteiger partial charge >= 0.3 is 0 Å². The summed E-state index contributed by atoms with van der Waals surface area (Å²) in [6.45, 7) is 3.92. The number of amidine groups is 1. The van der Waals surface area contributed by atoms with E-state index in [0.29, 0.717) is 29.4 Å². The van der Waals surface area contributed by atoms with Crippen LogP contribution in [0.15, 0.2) is 90.1 Å². The summed E-state index contributed by atoms with van der Waals surface area (Å²) in [6, 6.07) is 21.6. The first-order chi connectivity index (χ1) is 19.8. The zero-order valence-electron chi connectivity index (χ0n) is 22.9. The highest BCUT2D eigenvalue weighted by atomic mass is 19.1. The molecule has 1 saturated heterocycles. The number of nitrogens with zero attached hydrogens (tertiary/aromatic N) is 4. The highest BCUT2D eigenvalue weighted by Crippen LogP contribution is 2.40. The number of carbonyl (C=O) groups excluding carboxylic acids is 1. The number of likely N-dealkylation sites (tertiary alicyclic amines) is 1. The summed E-state index contributed by atoms with van der Waals surface area (Å²) in [4.78, 5) is 27.0. The molecule has 0 bridgehead atoms. The molecule has 0 radical (unpaired) electrons. The average Bonchev–Trinajstić information content (AvgIpc) is 3.23. The molecule has 2 aliphatic rings. The fourth-order valence-corrected chi connectivity index (χ4v) is 6.30. The number of piperidine rings is 1. The van der Waals surface area contributed by atoms with Crippen LogP contribution >= 0.6 is 0 Å². The van der Waals surface area contributed by atoms with Gasteiger partial charge in [0.2, 0.25) is 0 Å². The Bertz CT molecular complexity index is 1530. The number of β-amino-alcohol motifs (C(OH)–C–C–N with tert-alkyl or cyclic N) is 1. The molecule has 0 spiro atoms. The molecule has 1 atom stereocenters. The molecule has 1 aromatic heterocycles. The van der Waals surface area contributed by atoms with E-state index in [1.54, 1.807) is 6.92 Å². The molecule has 1 N–H and O–H groups in total. The SMILES string of the molecule is CC1=NC(c2ccc(F)cc2)(c2ccc(F)cc2)C(=O)N1CC(O)CN1CCC(c2ccnc3ccccc23)CC1. The van der Waals surface area contributed by atoms with Gasteiger partial charge in [0.15, 0.2) is 5.54 Å². The fourth-order valence-electron chi connectivity index (χ4n) is 6.30. The first-order valence-electron chi connectivity index (χ1n) is 14.0. The Balaban J connectivity index is 1.15. The summed E-state index contributed by atoms with van der Waals surface area (Å²) >= 11 is 0. The zero-order valence-corrected chi connectivity index (χ0v) is 22.9. The van der Waals surface area contributed by atoms with Gasteiger partial charge in [-0.2, -0.15) is 0 Å². The lowest BCUT2D eigenvalue weighted by Gasteiger charge is -2.34. The molecule has 1 unspecified atom stereocenters. The summed E-state index contributed by atoms with van der Waals surface area (Å²) in [7, 11) is 0. The normalized spacial score (nSPS) is 18.6. The molecule has 4 aromatic rings.